The Kier molecular flexibility index (Phi) is 3.17. The van der Waals surface area contributed by atoms with Crippen LogP contribution in [-0.2, 0) is 21.4 Å². The summed E-state index contributed by atoms with van der Waals surface area (Å²) >= 11 is 0. The third-order valence-electron chi connectivity index (χ3n) is 3.02. The molecule has 1 aromatic rings. The zero-order valence-electron chi connectivity index (χ0n) is 9.97. The minimum Gasteiger partial charge on any atom is -0.466 e. The Morgan fingerprint density at radius 1 is 1.65 bits per heavy atom. The van der Waals surface area contributed by atoms with Gasteiger partial charge in [-0.15, -0.1) is 0 Å². The van der Waals surface area contributed by atoms with Gasteiger partial charge in [-0.2, -0.15) is 0 Å². The summed E-state index contributed by atoms with van der Waals surface area (Å²) in [7, 11) is 1.89. The third-order valence-corrected chi connectivity index (χ3v) is 3.02. The van der Waals surface area contributed by atoms with Gasteiger partial charge in [0, 0.05) is 25.4 Å². The monoisotopic (exact) mass is 236 g/mol. The van der Waals surface area contributed by atoms with Crippen LogP contribution in [0.3, 0.4) is 0 Å². The second-order valence-corrected chi connectivity index (χ2v) is 4.15. The van der Waals surface area contributed by atoms with Crippen molar-refractivity contribution >= 4 is 11.9 Å². The molecule has 1 N–H and O–H groups in total. The Morgan fingerprint density at radius 2 is 2.41 bits per heavy atom. The topological polar surface area (TPSA) is 60.3 Å². The fourth-order valence-electron chi connectivity index (χ4n) is 2.20. The van der Waals surface area contributed by atoms with Crippen LogP contribution in [0.15, 0.2) is 18.3 Å². The van der Waals surface area contributed by atoms with Crippen molar-refractivity contribution in [1.82, 2.24) is 9.88 Å². The highest BCUT2D eigenvalue weighted by Gasteiger charge is 2.40. The first kappa shape index (κ1) is 11.7. The van der Waals surface area contributed by atoms with Crippen LogP contribution >= 0.6 is 0 Å². The molecule has 5 heteroatoms. The molecule has 0 aromatic carbocycles. The van der Waals surface area contributed by atoms with Crippen molar-refractivity contribution in [3.05, 3.63) is 24.0 Å². The van der Waals surface area contributed by atoms with E-state index in [-0.39, 0.29) is 24.3 Å². The van der Waals surface area contributed by atoms with E-state index in [1.165, 1.54) is 0 Å². The molecule has 2 rings (SSSR count). The van der Waals surface area contributed by atoms with Gasteiger partial charge in [-0.3, -0.25) is 9.59 Å². The first-order valence-electron chi connectivity index (χ1n) is 5.70. The third kappa shape index (κ3) is 2.18. The molecule has 1 aliphatic rings. The van der Waals surface area contributed by atoms with E-state index < -0.39 is 5.92 Å². The number of hydrogen-bond donors (Lipinski definition) is 1. The molecule has 92 valence electrons. The molecule has 1 aliphatic heterocycles. The smallest absolute Gasteiger partial charge is 0.311 e. The summed E-state index contributed by atoms with van der Waals surface area (Å²) in [6.45, 7) is 2.10. The molecule has 0 bridgehead atoms. The predicted molar refractivity (Wildman–Crippen MR) is 61.0 cm³/mol. The SMILES string of the molecule is CCOC(=O)C1CC(=O)NC1c1cccn1C. The first-order valence-corrected chi connectivity index (χ1v) is 5.70. The summed E-state index contributed by atoms with van der Waals surface area (Å²) < 4.78 is 6.91. The number of aryl methyl sites for hydroxylation is 1. The molecule has 2 unspecified atom stereocenters. The maximum atomic E-state index is 11.8. The molecule has 0 radical (unpaired) electrons. The number of carbonyl (C=O) groups is 2. The minimum absolute atomic E-state index is 0.103. The van der Waals surface area contributed by atoms with Gasteiger partial charge in [0.2, 0.25) is 5.91 Å². The lowest BCUT2D eigenvalue weighted by molar-refractivity contribution is -0.148. The van der Waals surface area contributed by atoms with E-state index >= 15 is 0 Å². The van der Waals surface area contributed by atoms with Crippen LogP contribution in [-0.4, -0.2) is 23.1 Å². The molecule has 1 amide bonds. The Bertz CT molecular complexity index is 439. The predicted octanol–water partition coefficient (Wildman–Crippen LogP) is 0.765. The van der Waals surface area contributed by atoms with Crippen molar-refractivity contribution in [2.45, 2.75) is 19.4 Å². The zero-order valence-corrected chi connectivity index (χ0v) is 9.97. The second-order valence-electron chi connectivity index (χ2n) is 4.15. The molecular weight excluding hydrogens is 220 g/mol. The molecule has 0 spiro atoms. The van der Waals surface area contributed by atoms with Gasteiger partial charge < -0.3 is 14.6 Å². The molecule has 5 nitrogen and oxygen atoms in total. The van der Waals surface area contributed by atoms with Gasteiger partial charge in [0.05, 0.1) is 18.6 Å². The summed E-state index contributed by atoms with van der Waals surface area (Å²) in [5, 5.41) is 2.83. The minimum atomic E-state index is -0.420. The number of esters is 1. The van der Waals surface area contributed by atoms with Gasteiger partial charge >= 0.3 is 5.97 Å². The molecule has 17 heavy (non-hydrogen) atoms. The fourth-order valence-corrected chi connectivity index (χ4v) is 2.20. The van der Waals surface area contributed by atoms with Crippen molar-refractivity contribution in [2.24, 2.45) is 13.0 Å². The van der Waals surface area contributed by atoms with Gasteiger partial charge in [0.1, 0.15) is 0 Å². The van der Waals surface area contributed by atoms with Crippen LogP contribution in [0.4, 0.5) is 0 Å². The van der Waals surface area contributed by atoms with Crippen LogP contribution in [0.25, 0.3) is 0 Å². The summed E-state index contributed by atoms with van der Waals surface area (Å²) in [6, 6.07) is 3.52. The number of carbonyl (C=O) groups excluding carboxylic acids is 2. The maximum absolute atomic E-state index is 11.8. The Morgan fingerprint density at radius 3 is 3.00 bits per heavy atom. The molecule has 1 aromatic heterocycles. The van der Waals surface area contributed by atoms with Crippen LogP contribution < -0.4 is 5.32 Å². The summed E-state index contributed by atoms with van der Waals surface area (Å²) in [5.74, 6) is -0.831. The van der Waals surface area contributed by atoms with Gasteiger partial charge in [-0.1, -0.05) is 0 Å². The van der Waals surface area contributed by atoms with Gasteiger partial charge in [0.25, 0.3) is 0 Å². The van der Waals surface area contributed by atoms with E-state index in [4.69, 9.17) is 4.74 Å². The normalized spacial score (nSPS) is 23.5. The lowest BCUT2D eigenvalue weighted by Crippen LogP contribution is -2.27. The van der Waals surface area contributed by atoms with Crippen molar-refractivity contribution in [2.75, 3.05) is 6.61 Å². The molecule has 1 saturated heterocycles. The average molecular weight is 236 g/mol. The van der Waals surface area contributed by atoms with E-state index in [1.807, 2.05) is 29.9 Å². The largest absolute Gasteiger partial charge is 0.466 e. The van der Waals surface area contributed by atoms with Crippen molar-refractivity contribution in [3.63, 3.8) is 0 Å². The molecule has 1 fully saturated rings. The first-order chi connectivity index (χ1) is 8.13. The molecular formula is C12H16N2O3. The maximum Gasteiger partial charge on any atom is 0.311 e. The van der Waals surface area contributed by atoms with E-state index in [9.17, 15) is 9.59 Å². The molecule has 0 saturated carbocycles. The zero-order chi connectivity index (χ0) is 12.4. The van der Waals surface area contributed by atoms with Gasteiger partial charge in [-0.05, 0) is 19.1 Å². The second kappa shape index (κ2) is 4.61. The van der Waals surface area contributed by atoms with Crippen LogP contribution in [0.2, 0.25) is 0 Å². The Hall–Kier alpha value is -1.78. The summed E-state index contributed by atoms with van der Waals surface area (Å²) in [6.07, 6.45) is 2.09. The highest BCUT2D eigenvalue weighted by molar-refractivity contribution is 5.87. The Labute approximate surface area is 99.8 Å². The number of hydrogen-bond acceptors (Lipinski definition) is 3. The van der Waals surface area contributed by atoms with Crippen LogP contribution in [0, 0.1) is 5.92 Å². The quantitative estimate of drug-likeness (QED) is 0.788. The van der Waals surface area contributed by atoms with Gasteiger partial charge in [0.15, 0.2) is 0 Å². The Balaban J connectivity index is 2.23. The molecule has 0 aliphatic carbocycles. The van der Waals surface area contributed by atoms with Crippen molar-refractivity contribution in [3.8, 4) is 0 Å². The molecule has 2 atom stereocenters. The number of rotatable bonds is 3. The molecule has 2 heterocycles. The summed E-state index contributed by atoms with van der Waals surface area (Å²) in [4.78, 5) is 23.2. The van der Waals surface area contributed by atoms with E-state index in [0.717, 1.165) is 5.69 Å². The van der Waals surface area contributed by atoms with Crippen LogP contribution in [0.5, 0.6) is 0 Å². The van der Waals surface area contributed by atoms with E-state index in [0.29, 0.717) is 6.61 Å². The number of aromatic nitrogens is 1. The summed E-state index contributed by atoms with van der Waals surface area (Å²) in [5.41, 5.74) is 0.925. The fraction of sp³-hybridized carbons (Fsp3) is 0.500. The van der Waals surface area contributed by atoms with Crippen molar-refractivity contribution in [1.29, 1.82) is 0 Å². The van der Waals surface area contributed by atoms with Crippen LogP contribution in [0.1, 0.15) is 25.1 Å². The van der Waals surface area contributed by atoms with E-state index in [2.05, 4.69) is 5.32 Å². The highest BCUT2D eigenvalue weighted by atomic mass is 16.5. The van der Waals surface area contributed by atoms with Gasteiger partial charge in [-0.25, -0.2) is 0 Å². The lowest BCUT2D eigenvalue weighted by atomic mass is 9.98. The number of ether oxygens (including phenoxy) is 1. The number of nitrogens with one attached hydrogen (secondary N) is 1. The van der Waals surface area contributed by atoms with Crippen molar-refractivity contribution < 1.29 is 14.3 Å². The average Bonchev–Trinajstić information content (AvgIpc) is 2.84. The lowest BCUT2D eigenvalue weighted by Gasteiger charge is -2.18. The highest BCUT2D eigenvalue weighted by Crippen LogP contribution is 2.31. The standard InChI is InChI=1S/C12H16N2O3/c1-3-17-12(16)8-7-10(15)13-11(8)9-5-4-6-14(9)2/h4-6,8,11H,3,7H2,1-2H3,(H,13,15). The number of nitrogens with zero attached hydrogens (tertiary/aromatic N) is 1. The van der Waals surface area contributed by atoms with E-state index in [1.54, 1.807) is 6.92 Å². The number of amides is 1.